The highest BCUT2D eigenvalue weighted by molar-refractivity contribution is 5.76. The third-order valence-electron chi connectivity index (χ3n) is 1.32. The fourth-order valence-electron chi connectivity index (χ4n) is 0.592. The lowest BCUT2D eigenvalue weighted by atomic mass is 10.1. The van der Waals surface area contributed by atoms with Gasteiger partial charge in [-0.2, -0.15) is 5.10 Å². The average Bonchev–Trinajstić information content (AvgIpc) is 2.14. The van der Waals surface area contributed by atoms with Gasteiger partial charge in [-0.1, -0.05) is 0 Å². The molecule has 0 aliphatic carbocycles. The van der Waals surface area contributed by atoms with Gasteiger partial charge in [-0.3, -0.25) is 0 Å². The molecule has 0 fully saturated rings. The summed E-state index contributed by atoms with van der Waals surface area (Å²) >= 11 is 0. The summed E-state index contributed by atoms with van der Waals surface area (Å²) < 4.78 is 0. The highest BCUT2D eigenvalue weighted by Crippen LogP contribution is 1.97. The maximum atomic E-state index is 9.11. The Balaban J connectivity index is 4.13. The molecule has 0 saturated carbocycles. The van der Waals surface area contributed by atoms with Crippen LogP contribution in [0, 0.1) is 0 Å². The molecule has 0 heterocycles. The van der Waals surface area contributed by atoms with Gasteiger partial charge in [0.2, 0.25) is 5.96 Å². The largest absolute Gasteiger partial charge is 0.394 e. The van der Waals surface area contributed by atoms with Crippen molar-refractivity contribution in [2.45, 2.75) is 18.3 Å². The quantitative estimate of drug-likeness (QED) is 0.154. The predicted octanol–water partition coefficient (Wildman–Crippen LogP) is -3.68. The van der Waals surface area contributed by atoms with Crippen molar-refractivity contribution in [2.75, 3.05) is 6.61 Å². The smallest absolute Gasteiger partial charge is 0.211 e. The van der Waals surface area contributed by atoms with Crippen molar-refractivity contribution in [2.24, 2.45) is 21.7 Å². The van der Waals surface area contributed by atoms with E-state index in [0.29, 0.717) is 0 Å². The van der Waals surface area contributed by atoms with Crippen LogP contribution in [0.2, 0.25) is 0 Å². The fourth-order valence-corrected chi connectivity index (χ4v) is 0.592. The number of nitrogens with two attached hydrogens (primary N) is 2. The van der Waals surface area contributed by atoms with E-state index in [1.54, 1.807) is 0 Å². The van der Waals surface area contributed by atoms with Crippen LogP contribution in [0.25, 0.3) is 0 Å². The SMILES string of the molecule is NC(N)=N/N=C\C(O)C(O)C(O)CO. The Morgan fingerprint density at radius 1 is 1.29 bits per heavy atom. The Morgan fingerprint density at radius 3 is 2.29 bits per heavy atom. The van der Waals surface area contributed by atoms with Gasteiger partial charge >= 0.3 is 0 Å². The van der Waals surface area contributed by atoms with E-state index in [4.69, 9.17) is 31.9 Å². The molecular weight excluding hydrogens is 192 g/mol. The van der Waals surface area contributed by atoms with Gasteiger partial charge < -0.3 is 31.9 Å². The predicted molar refractivity (Wildman–Crippen MR) is 49.4 cm³/mol. The molecule has 0 aliphatic heterocycles. The normalized spacial score (nSPS) is 17.7. The molecular formula is C6H14N4O4. The van der Waals surface area contributed by atoms with Crippen LogP contribution in [0.1, 0.15) is 0 Å². The standard InChI is InChI=1S/C6H14N4O4/c7-6(8)10-9-1-3(12)5(14)4(13)2-11/h1,3-5,11-14H,2H2,(H4,7,8,10)/b9-1-. The van der Waals surface area contributed by atoms with Gasteiger partial charge in [0.1, 0.15) is 18.3 Å². The second-order valence-corrected chi connectivity index (χ2v) is 2.52. The number of hydrogen-bond donors (Lipinski definition) is 6. The van der Waals surface area contributed by atoms with Crippen molar-refractivity contribution >= 4 is 12.2 Å². The number of hydrogen-bond acceptors (Lipinski definition) is 6. The Morgan fingerprint density at radius 2 is 1.86 bits per heavy atom. The van der Waals surface area contributed by atoms with Gasteiger partial charge in [0, 0.05) is 0 Å². The van der Waals surface area contributed by atoms with Crippen molar-refractivity contribution in [1.82, 2.24) is 0 Å². The van der Waals surface area contributed by atoms with Crippen LogP contribution in [0.15, 0.2) is 10.2 Å². The lowest BCUT2D eigenvalue weighted by Crippen LogP contribution is -2.40. The molecule has 3 unspecified atom stereocenters. The molecule has 0 saturated heterocycles. The summed E-state index contributed by atoms with van der Waals surface area (Å²) in [6.45, 7) is -0.672. The summed E-state index contributed by atoms with van der Waals surface area (Å²) in [6.07, 6.45) is -3.61. The first kappa shape index (κ1) is 12.8. The third kappa shape index (κ3) is 4.72. The van der Waals surface area contributed by atoms with E-state index < -0.39 is 24.9 Å². The second kappa shape index (κ2) is 6.27. The minimum absolute atomic E-state index is 0.300. The highest BCUT2D eigenvalue weighted by Gasteiger charge is 2.22. The zero-order valence-electron chi connectivity index (χ0n) is 7.35. The first-order valence-corrected chi connectivity index (χ1v) is 3.76. The summed E-state index contributed by atoms with van der Waals surface area (Å²) in [5.74, 6) is -0.300. The number of aliphatic hydroxyl groups excluding tert-OH is 4. The summed E-state index contributed by atoms with van der Waals surface area (Å²) in [5, 5.41) is 41.9. The third-order valence-corrected chi connectivity index (χ3v) is 1.32. The van der Waals surface area contributed by atoms with Crippen molar-refractivity contribution in [3.63, 3.8) is 0 Å². The van der Waals surface area contributed by atoms with Gasteiger partial charge in [-0.25, -0.2) is 0 Å². The van der Waals surface area contributed by atoms with Crippen molar-refractivity contribution in [3.8, 4) is 0 Å². The number of rotatable bonds is 5. The molecule has 0 aromatic heterocycles. The summed E-state index contributed by atoms with van der Waals surface area (Å²) in [5.41, 5.74) is 9.84. The minimum atomic E-state index is -1.54. The van der Waals surface area contributed by atoms with Crippen LogP contribution in [0.4, 0.5) is 0 Å². The first-order chi connectivity index (χ1) is 6.49. The maximum absolute atomic E-state index is 9.11. The van der Waals surface area contributed by atoms with Crippen LogP contribution < -0.4 is 11.5 Å². The van der Waals surface area contributed by atoms with E-state index in [-0.39, 0.29) is 5.96 Å². The molecule has 0 spiro atoms. The molecule has 0 radical (unpaired) electrons. The Labute approximate surface area is 80.2 Å². The van der Waals surface area contributed by atoms with Crippen molar-refractivity contribution in [3.05, 3.63) is 0 Å². The van der Waals surface area contributed by atoms with Gasteiger partial charge in [0.15, 0.2) is 0 Å². The van der Waals surface area contributed by atoms with Crippen LogP contribution in [-0.2, 0) is 0 Å². The molecule has 8 nitrogen and oxygen atoms in total. The average molecular weight is 206 g/mol. The number of nitrogens with zero attached hydrogens (tertiary/aromatic N) is 2. The molecule has 14 heavy (non-hydrogen) atoms. The van der Waals surface area contributed by atoms with E-state index in [2.05, 4.69) is 10.2 Å². The second-order valence-electron chi connectivity index (χ2n) is 2.52. The van der Waals surface area contributed by atoms with Crippen LogP contribution in [0.3, 0.4) is 0 Å². The van der Waals surface area contributed by atoms with Crippen molar-refractivity contribution in [1.29, 1.82) is 0 Å². The lowest BCUT2D eigenvalue weighted by Gasteiger charge is -2.17. The van der Waals surface area contributed by atoms with Crippen molar-refractivity contribution < 1.29 is 20.4 Å². The van der Waals surface area contributed by atoms with Gasteiger partial charge in [0.05, 0.1) is 12.8 Å². The van der Waals surface area contributed by atoms with E-state index in [1.807, 2.05) is 0 Å². The summed E-state index contributed by atoms with van der Waals surface area (Å²) in [6, 6.07) is 0. The Bertz CT molecular complexity index is 216. The maximum Gasteiger partial charge on any atom is 0.211 e. The van der Waals surface area contributed by atoms with Crippen LogP contribution in [0.5, 0.6) is 0 Å². The van der Waals surface area contributed by atoms with E-state index in [9.17, 15) is 0 Å². The molecule has 0 aromatic rings. The highest BCUT2D eigenvalue weighted by atomic mass is 16.4. The van der Waals surface area contributed by atoms with Gasteiger partial charge in [0.25, 0.3) is 0 Å². The Hall–Kier alpha value is -1.22. The molecule has 8 N–H and O–H groups in total. The molecule has 8 heteroatoms. The monoisotopic (exact) mass is 206 g/mol. The van der Waals surface area contributed by atoms with E-state index in [1.165, 1.54) is 0 Å². The van der Waals surface area contributed by atoms with E-state index in [0.717, 1.165) is 6.21 Å². The molecule has 0 rings (SSSR count). The Kier molecular flexibility index (Phi) is 5.72. The van der Waals surface area contributed by atoms with Crippen LogP contribution >= 0.6 is 0 Å². The lowest BCUT2D eigenvalue weighted by molar-refractivity contribution is -0.0541. The molecule has 0 amide bonds. The number of aliphatic hydroxyl groups is 4. The molecule has 0 aromatic carbocycles. The molecule has 0 aliphatic rings. The topological polar surface area (TPSA) is 158 Å². The minimum Gasteiger partial charge on any atom is -0.394 e. The zero-order chi connectivity index (χ0) is 11.1. The van der Waals surface area contributed by atoms with Crippen LogP contribution in [-0.4, -0.2) is 57.5 Å². The zero-order valence-corrected chi connectivity index (χ0v) is 7.35. The number of guanidine groups is 1. The van der Waals surface area contributed by atoms with Gasteiger partial charge in [-0.15, -0.1) is 5.10 Å². The summed E-state index contributed by atoms with van der Waals surface area (Å²) in [7, 11) is 0. The first-order valence-electron chi connectivity index (χ1n) is 3.76. The fraction of sp³-hybridized carbons (Fsp3) is 0.667. The molecule has 0 bridgehead atoms. The van der Waals surface area contributed by atoms with E-state index >= 15 is 0 Å². The molecule has 82 valence electrons. The van der Waals surface area contributed by atoms with Gasteiger partial charge in [-0.05, 0) is 0 Å². The molecule has 3 atom stereocenters. The summed E-state index contributed by atoms with van der Waals surface area (Å²) in [4.78, 5) is 0.